The van der Waals surface area contributed by atoms with Crippen LogP contribution in [0.3, 0.4) is 0 Å². The van der Waals surface area contributed by atoms with E-state index in [2.05, 4.69) is 5.32 Å². The average Bonchev–Trinajstić information content (AvgIpc) is 2.85. The first-order valence-corrected chi connectivity index (χ1v) is 10.9. The first-order chi connectivity index (χ1) is 11.2. The maximum Gasteiger partial charge on any atom is 0.243 e. The minimum absolute atomic E-state index is 0.0111. The van der Waals surface area contributed by atoms with Crippen LogP contribution in [-0.2, 0) is 20.0 Å². The molecule has 0 spiro atoms. The van der Waals surface area contributed by atoms with Crippen LogP contribution in [0.5, 0.6) is 0 Å². The van der Waals surface area contributed by atoms with Crippen LogP contribution >= 0.6 is 0 Å². The molecule has 2 atom stereocenters. The smallest absolute Gasteiger partial charge is 0.243 e. The lowest BCUT2D eigenvalue weighted by molar-refractivity contribution is 0.383. The molecule has 24 heavy (non-hydrogen) atoms. The number of sulfonamides is 2. The van der Waals surface area contributed by atoms with Crippen molar-refractivity contribution in [2.45, 2.75) is 41.1 Å². The van der Waals surface area contributed by atoms with Crippen molar-refractivity contribution < 1.29 is 16.8 Å². The summed E-state index contributed by atoms with van der Waals surface area (Å²) in [5.41, 5.74) is 0. The van der Waals surface area contributed by atoms with Gasteiger partial charge in [-0.05, 0) is 37.5 Å². The molecule has 2 aliphatic rings. The van der Waals surface area contributed by atoms with E-state index in [1.165, 1.54) is 42.7 Å². The van der Waals surface area contributed by atoms with Crippen LogP contribution in [0.1, 0.15) is 19.3 Å². The van der Waals surface area contributed by atoms with Gasteiger partial charge in [0, 0.05) is 39.3 Å². The Balaban J connectivity index is 1.93. The molecule has 0 aromatic heterocycles. The molecular formula is C15H23N3O4S2. The van der Waals surface area contributed by atoms with Gasteiger partial charge in [0.25, 0.3) is 0 Å². The third-order valence-corrected chi connectivity index (χ3v) is 8.38. The van der Waals surface area contributed by atoms with Crippen LogP contribution in [0.15, 0.2) is 34.1 Å². The van der Waals surface area contributed by atoms with E-state index in [0.717, 1.165) is 23.6 Å². The molecule has 0 amide bonds. The van der Waals surface area contributed by atoms with Crippen molar-refractivity contribution in [3.8, 4) is 0 Å². The first kappa shape index (κ1) is 17.8. The molecule has 2 fully saturated rings. The maximum absolute atomic E-state index is 13.0. The summed E-state index contributed by atoms with van der Waals surface area (Å²) < 4.78 is 53.0. The zero-order valence-electron chi connectivity index (χ0n) is 13.8. The van der Waals surface area contributed by atoms with Crippen molar-refractivity contribution in [3.05, 3.63) is 24.3 Å². The van der Waals surface area contributed by atoms with Crippen LogP contribution < -0.4 is 5.32 Å². The molecule has 1 aromatic carbocycles. The summed E-state index contributed by atoms with van der Waals surface area (Å²) in [5.74, 6) is 0. The first-order valence-electron chi connectivity index (χ1n) is 8.00. The van der Waals surface area contributed by atoms with E-state index in [1.807, 2.05) is 0 Å². The van der Waals surface area contributed by atoms with E-state index >= 15 is 0 Å². The molecule has 3 rings (SSSR count). The number of rotatable bonds is 4. The lowest BCUT2D eigenvalue weighted by Crippen LogP contribution is -2.39. The number of nitrogens with one attached hydrogen (secondary N) is 1. The third-order valence-electron chi connectivity index (χ3n) is 4.71. The number of hydrogen-bond acceptors (Lipinski definition) is 5. The molecule has 2 saturated heterocycles. The quantitative estimate of drug-likeness (QED) is 0.828. The minimum Gasteiger partial charge on any atom is -0.310 e. The van der Waals surface area contributed by atoms with Gasteiger partial charge in [-0.15, -0.1) is 0 Å². The molecule has 134 valence electrons. The van der Waals surface area contributed by atoms with Crippen LogP contribution in [0.2, 0.25) is 0 Å². The Morgan fingerprint density at radius 1 is 1.04 bits per heavy atom. The maximum atomic E-state index is 13.0. The van der Waals surface area contributed by atoms with Gasteiger partial charge in [-0.1, -0.05) is 6.07 Å². The Morgan fingerprint density at radius 2 is 1.71 bits per heavy atom. The van der Waals surface area contributed by atoms with Crippen LogP contribution in [0.25, 0.3) is 0 Å². The summed E-state index contributed by atoms with van der Waals surface area (Å²) in [5, 5.41) is 3.45. The lowest BCUT2D eigenvalue weighted by atomic mass is 10.1. The highest BCUT2D eigenvalue weighted by Crippen LogP contribution is 2.26. The van der Waals surface area contributed by atoms with Gasteiger partial charge in [-0.2, -0.15) is 4.31 Å². The Bertz CT molecular complexity index is 821. The second kappa shape index (κ2) is 6.38. The average molecular weight is 374 g/mol. The lowest BCUT2D eigenvalue weighted by Gasteiger charge is -2.24. The van der Waals surface area contributed by atoms with Gasteiger partial charge < -0.3 is 5.32 Å². The minimum atomic E-state index is -3.71. The summed E-state index contributed by atoms with van der Waals surface area (Å²) in [6, 6.07) is 6.17. The highest BCUT2D eigenvalue weighted by molar-refractivity contribution is 7.90. The molecule has 1 aromatic rings. The second-order valence-corrected chi connectivity index (χ2v) is 10.6. The monoisotopic (exact) mass is 373 g/mol. The van der Waals surface area contributed by atoms with Crippen molar-refractivity contribution in [3.63, 3.8) is 0 Å². The van der Waals surface area contributed by atoms with Crippen LogP contribution in [0.4, 0.5) is 0 Å². The van der Waals surface area contributed by atoms with E-state index in [0.29, 0.717) is 19.1 Å². The van der Waals surface area contributed by atoms with Crippen molar-refractivity contribution in [1.29, 1.82) is 0 Å². The summed E-state index contributed by atoms with van der Waals surface area (Å²) in [7, 11) is -4.53. The molecule has 0 radical (unpaired) electrons. The molecule has 2 bridgehead atoms. The summed E-state index contributed by atoms with van der Waals surface area (Å²) in [6.45, 7) is 0.894. The predicted molar refractivity (Wildman–Crippen MR) is 90.6 cm³/mol. The van der Waals surface area contributed by atoms with Crippen LogP contribution in [0, 0.1) is 0 Å². The number of nitrogens with zero attached hydrogens (tertiary/aromatic N) is 2. The molecule has 2 heterocycles. The Kier molecular flexibility index (Phi) is 4.73. The van der Waals surface area contributed by atoms with Crippen molar-refractivity contribution >= 4 is 20.0 Å². The van der Waals surface area contributed by atoms with Gasteiger partial charge in [0.1, 0.15) is 0 Å². The molecule has 7 nitrogen and oxygen atoms in total. The molecular weight excluding hydrogens is 350 g/mol. The SMILES string of the molecule is CN(C)S(=O)(=O)c1cccc(S(=O)(=O)N2CCC3CCC(C2)N3)c1. The van der Waals surface area contributed by atoms with Gasteiger partial charge in [0.05, 0.1) is 9.79 Å². The van der Waals surface area contributed by atoms with E-state index in [1.54, 1.807) is 0 Å². The molecule has 2 aliphatic heterocycles. The molecule has 0 saturated carbocycles. The van der Waals surface area contributed by atoms with E-state index in [4.69, 9.17) is 0 Å². The summed E-state index contributed by atoms with van der Waals surface area (Å²) in [6.07, 6.45) is 2.85. The normalized spacial score (nSPS) is 25.8. The Hall–Kier alpha value is -1.00. The summed E-state index contributed by atoms with van der Waals surface area (Å²) in [4.78, 5) is 0.0197. The van der Waals surface area contributed by atoms with Crippen molar-refractivity contribution in [1.82, 2.24) is 13.9 Å². The Labute approximate surface area is 143 Å². The van der Waals surface area contributed by atoms with E-state index in [-0.39, 0.29) is 15.8 Å². The summed E-state index contributed by atoms with van der Waals surface area (Å²) >= 11 is 0. The number of hydrogen-bond donors (Lipinski definition) is 1. The highest BCUT2D eigenvalue weighted by atomic mass is 32.2. The molecule has 1 N–H and O–H groups in total. The van der Waals surface area contributed by atoms with Gasteiger partial charge in [-0.3, -0.25) is 0 Å². The fraction of sp³-hybridized carbons (Fsp3) is 0.600. The van der Waals surface area contributed by atoms with Gasteiger partial charge in [0.15, 0.2) is 0 Å². The largest absolute Gasteiger partial charge is 0.310 e. The fourth-order valence-corrected chi connectivity index (χ4v) is 5.85. The predicted octanol–water partition coefficient (Wildman–Crippen LogP) is 0.452. The van der Waals surface area contributed by atoms with Crippen molar-refractivity contribution in [2.24, 2.45) is 0 Å². The van der Waals surface area contributed by atoms with Gasteiger partial charge in [-0.25, -0.2) is 21.1 Å². The number of benzene rings is 1. The van der Waals surface area contributed by atoms with Crippen molar-refractivity contribution in [2.75, 3.05) is 27.2 Å². The molecule has 9 heteroatoms. The van der Waals surface area contributed by atoms with Gasteiger partial charge >= 0.3 is 0 Å². The van der Waals surface area contributed by atoms with E-state index in [9.17, 15) is 16.8 Å². The molecule has 0 aliphatic carbocycles. The highest BCUT2D eigenvalue weighted by Gasteiger charge is 2.35. The third kappa shape index (κ3) is 3.23. The molecule has 2 unspecified atom stereocenters. The van der Waals surface area contributed by atoms with Crippen LogP contribution in [-0.4, -0.2) is 64.7 Å². The topological polar surface area (TPSA) is 86.8 Å². The van der Waals surface area contributed by atoms with E-state index < -0.39 is 20.0 Å². The standard InChI is InChI=1S/C15H23N3O4S2/c1-17(2)23(19,20)14-4-3-5-15(10-14)24(21,22)18-9-8-12-6-7-13(11-18)16-12/h3-5,10,12-13,16H,6-9,11H2,1-2H3. The zero-order chi connectivity index (χ0) is 17.5. The Morgan fingerprint density at radius 3 is 2.42 bits per heavy atom. The second-order valence-electron chi connectivity index (χ2n) is 6.55. The number of fused-ring (bicyclic) bond motifs is 2. The zero-order valence-corrected chi connectivity index (χ0v) is 15.5. The fourth-order valence-electron chi connectivity index (χ4n) is 3.28. The van der Waals surface area contributed by atoms with Gasteiger partial charge in [0.2, 0.25) is 20.0 Å².